The molecule has 3 aliphatic rings. The summed E-state index contributed by atoms with van der Waals surface area (Å²) in [6.45, 7) is 1.43. The summed E-state index contributed by atoms with van der Waals surface area (Å²) >= 11 is 0. The number of hydrogen-bond acceptors (Lipinski definition) is 3. The number of esters is 1. The molecule has 5 rings (SSSR count). The number of carbonyl (C=O) groups is 2. The van der Waals surface area contributed by atoms with Crippen LogP contribution in [-0.4, -0.2) is 35.4 Å². The minimum absolute atomic E-state index is 0.242. The van der Waals surface area contributed by atoms with Crippen LogP contribution in [0.15, 0.2) is 18.2 Å². The highest BCUT2D eigenvalue weighted by molar-refractivity contribution is 5.96. The van der Waals surface area contributed by atoms with E-state index in [1.54, 1.807) is 6.07 Å². The zero-order valence-corrected chi connectivity index (χ0v) is 15.1. The number of benzene rings is 1. The fourth-order valence-electron chi connectivity index (χ4n) is 5.43. The third kappa shape index (κ3) is 2.37. The second-order valence-electron chi connectivity index (χ2n) is 8.13. The van der Waals surface area contributed by atoms with Crippen molar-refractivity contribution in [3.8, 4) is 0 Å². The number of ether oxygens (including phenoxy) is 1. The molecule has 0 radical (unpaired) electrons. The summed E-state index contributed by atoms with van der Waals surface area (Å²) in [6, 6.07) is 5.61. The summed E-state index contributed by atoms with van der Waals surface area (Å²) < 4.78 is 4.85. The van der Waals surface area contributed by atoms with Crippen LogP contribution in [0, 0.1) is 17.8 Å². The quantitative estimate of drug-likeness (QED) is 0.844. The highest BCUT2D eigenvalue weighted by Crippen LogP contribution is 2.49. The number of carbonyl (C=O) groups excluding carboxylic acids is 2. The first kappa shape index (κ1) is 15.9. The third-order valence-electron chi connectivity index (χ3n) is 6.76. The fourth-order valence-corrected chi connectivity index (χ4v) is 5.43. The minimum Gasteiger partial charge on any atom is -0.465 e. The van der Waals surface area contributed by atoms with Crippen LogP contribution in [0.4, 0.5) is 0 Å². The van der Waals surface area contributed by atoms with Crippen LogP contribution in [0.2, 0.25) is 0 Å². The van der Waals surface area contributed by atoms with E-state index in [4.69, 9.17) is 4.74 Å². The number of aromatic amines is 1. The Kier molecular flexibility index (Phi) is 3.59. The Morgan fingerprint density at radius 3 is 2.85 bits per heavy atom. The van der Waals surface area contributed by atoms with E-state index in [0.717, 1.165) is 41.8 Å². The Morgan fingerprint density at radius 2 is 2.12 bits per heavy atom. The molecule has 5 nitrogen and oxygen atoms in total. The molecule has 26 heavy (non-hydrogen) atoms. The van der Waals surface area contributed by atoms with Crippen LogP contribution in [0.5, 0.6) is 0 Å². The Hall–Kier alpha value is -2.30. The van der Waals surface area contributed by atoms with E-state index in [1.807, 2.05) is 17.0 Å². The molecule has 3 unspecified atom stereocenters. The van der Waals surface area contributed by atoms with Crippen molar-refractivity contribution >= 4 is 22.8 Å². The van der Waals surface area contributed by atoms with Gasteiger partial charge in [-0.1, -0.05) is 6.42 Å². The van der Waals surface area contributed by atoms with Crippen molar-refractivity contribution in [2.75, 3.05) is 13.7 Å². The SMILES string of the molecule is COC(=O)c1ccc2[nH]c3c(c2c1)CN(C(=O)C1CC2CCC1C2)CC3. The largest absolute Gasteiger partial charge is 0.465 e. The number of fused-ring (bicyclic) bond motifs is 5. The number of rotatable bonds is 2. The second kappa shape index (κ2) is 5.86. The van der Waals surface area contributed by atoms with Gasteiger partial charge in [-0.25, -0.2) is 4.79 Å². The Morgan fingerprint density at radius 1 is 1.23 bits per heavy atom. The third-order valence-corrected chi connectivity index (χ3v) is 6.76. The van der Waals surface area contributed by atoms with Gasteiger partial charge >= 0.3 is 5.97 Å². The lowest BCUT2D eigenvalue weighted by Crippen LogP contribution is -2.41. The maximum Gasteiger partial charge on any atom is 0.337 e. The lowest BCUT2D eigenvalue weighted by molar-refractivity contribution is -0.138. The summed E-state index contributed by atoms with van der Waals surface area (Å²) in [5.74, 6) is 1.66. The molecular formula is C21H24N2O3. The van der Waals surface area contributed by atoms with Crippen LogP contribution in [0.25, 0.3) is 10.9 Å². The number of hydrogen-bond donors (Lipinski definition) is 1. The van der Waals surface area contributed by atoms with E-state index >= 15 is 0 Å². The molecule has 2 fully saturated rings. The zero-order valence-electron chi connectivity index (χ0n) is 15.1. The van der Waals surface area contributed by atoms with Crippen molar-refractivity contribution in [3.63, 3.8) is 0 Å². The molecule has 3 atom stereocenters. The molecule has 5 heteroatoms. The highest BCUT2D eigenvalue weighted by Gasteiger charge is 2.44. The number of nitrogens with one attached hydrogen (secondary N) is 1. The second-order valence-corrected chi connectivity index (χ2v) is 8.13. The maximum absolute atomic E-state index is 13.1. The summed E-state index contributed by atoms with van der Waals surface area (Å²) in [4.78, 5) is 30.5. The Labute approximate surface area is 152 Å². The van der Waals surface area contributed by atoms with Gasteiger partial charge in [-0.2, -0.15) is 0 Å². The van der Waals surface area contributed by atoms with Crippen LogP contribution < -0.4 is 0 Å². The molecule has 1 N–H and O–H groups in total. The van der Waals surface area contributed by atoms with Gasteiger partial charge in [-0.15, -0.1) is 0 Å². The van der Waals surface area contributed by atoms with Crippen molar-refractivity contribution in [2.45, 2.75) is 38.6 Å². The van der Waals surface area contributed by atoms with Crippen molar-refractivity contribution in [1.29, 1.82) is 0 Å². The van der Waals surface area contributed by atoms with Gasteiger partial charge in [0.25, 0.3) is 0 Å². The van der Waals surface area contributed by atoms with E-state index in [-0.39, 0.29) is 11.9 Å². The predicted molar refractivity (Wildman–Crippen MR) is 97.7 cm³/mol. The lowest BCUT2D eigenvalue weighted by Gasteiger charge is -2.32. The van der Waals surface area contributed by atoms with Crippen molar-refractivity contribution in [2.24, 2.45) is 17.8 Å². The topological polar surface area (TPSA) is 62.4 Å². The molecule has 2 bridgehead atoms. The van der Waals surface area contributed by atoms with E-state index < -0.39 is 0 Å². The minimum atomic E-state index is -0.326. The van der Waals surface area contributed by atoms with Gasteiger partial charge < -0.3 is 14.6 Å². The number of amides is 1. The van der Waals surface area contributed by atoms with E-state index in [1.165, 1.54) is 32.1 Å². The highest BCUT2D eigenvalue weighted by atomic mass is 16.5. The van der Waals surface area contributed by atoms with Crippen LogP contribution in [0.3, 0.4) is 0 Å². The van der Waals surface area contributed by atoms with E-state index in [0.29, 0.717) is 23.9 Å². The number of nitrogens with zero attached hydrogens (tertiary/aromatic N) is 1. The predicted octanol–water partition coefficient (Wildman–Crippen LogP) is 3.28. The molecule has 2 saturated carbocycles. The molecule has 136 valence electrons. The van der Waals surface area contributed by atoms with Gasteiger partial charge in [0.15, 0.2) is 0 Å². The molecule has 2 aromatic rings. The first-order chi connectivity index (χ1) is 12.6. The van der Waals surface area contributed by atoms with Crippen LogP contribution >= 0.6 is 0 Å². The first-order valence-corrected chi connectivity index (χ1v) is 9.64. The summed E-state index contributed by atoms with van der Waals surface area (Å²) in [5, 5.41) is 1.04. The molecule has 1 aromatic carbocycles. The standard InChI is InChI=1S/C21H24N2O3/c1-26-21(25)14-4-5-18-16(10-14)17-11-23(7-6-19(17)22-18)20(24)15-9-12-2-3-13(15)8-12/h4-5,10,12-13,15,22H,2-3,6-9,11H2,1H3. The molecule has 2 aliphatic carbocycles. The molecule has 0 spiro atoms. The number of methoxy groups -OCH3 is 1. The normalized spacial score (nSPS) is 27.0. The zero-order chi connectivity index (χ0) is 17.8. The Bertz CT molecular complexity index is 900. The van der Waals surface area contributed by atoms with E-state index in [2.05, 4.69) is 4.98 Å². The van der Waals surface area contributed by atoms with Gasteiger partial charge in [0.2, 0.25) is 5.91 Å². The smallest absolute Gasteiger partial charge is 0.337 e. The van der Waals surface area contributed by atoms with Gasteiger partial charge in [-0.3, -0.25) is 4.79 Å². The average molecular weight is 352 g/mol. The molecule has 1 aliphatic heterocycles. The van der Waals surface area contributed by atoms with Crippen LogP contribution in [-0.2, 0) is 22.5 Å². The summed E-state index contributed by atoms with van der Waals surface area (Å²) in [5.41, 5.74) is 3.93. The molecular weight excluding hydrogens is 328 g/mol. The van der Waals surface area contributed by atoms with Gasteiger partial charge in [0.1, 0.15) is 0 Å². The number of H-pyrrole nitrogens is 1. The Balaban J connectivity index is 1.44. The maximum atomic E-state index is 13.1. The van der Waals surface area contributed by atoms with Crippen molar-refractivity contribution in [1.82, 2.24) is 9.88 Å². The van der Waals surface area contributed by atoms with Gasteiger partial charge in [0, 0.05) is 47.6 Å². The first-order valence-electron chi connectivity index (χ1n) is 9.64. The number of aromatic nitrogens is 1. The fraction of sp³-hybridized carbons (Fsp3) is 0.524. The summed E-state index contributed by atoms with van der Waals surface area (Å²) in [7, 11) is 1.40. The molecule has 2 heterocycles. The van der Waals surface area contributed by atoms with Gasteiger partial charge in [0.05, 0.1) is 12.7 Å². The van der Waals surface area contributed by atoms with E-state index in [9.17, 15) is 9.59 Å². The summed E-state index contributed by atoms with van der Waals surface area (Å²) in [6.07, 6.45) is 5.75. The van der Waals surface area contributed by atoms with Crippen molar-refractivity contribution < 1.29 is 14.3 Å². The lowest BCUT2D eigenvalue weighted by atomic mass is 9.87. The van der Waals surface area contributed by atoms with Crippen molar-refractivity contribution in [3.05, 3.63) is 35.0 Å². The molecule has 1 aromatic heterocycles. The van der Waals surface area contributed by atoms with Crippen LogP contribution in [0.1, 0.15) is 47.3 Å². The monoisotopic (exact) mass is 352 g/mol. The molecule has 1 amide bonds. The van der Waals surface area contributed by atoms with Gasteiger partial charge in [-0.05, 0) is 49.3 Å². The average Bonchev–Trinajstić information content (AvgIpc) is 3.39. The molecule has 0 saturated heterocycles.